The number of carbonyl (C=O) groups is 1. The van der Waals surface area contributed by atoms with Gasteiger partial charge in [0.05, 0.1) is 32.6 Å². The highest BCUT2D eigenvalue weighted by Gasteiger charge is 2.11. The molecule has 22 heavy (non-hydrogen) atoms. The Morgan fingerprint density at radius 3 is 2.32 bits per heavy atom. The highest BCUT2D eigenvalue weighted by atomic mass is 16.5. The summed E-state index contributed by atoms with van der Waals surface area (Å²) in [7, 11) is 4.82. The van der Waals surface area contributed by atoms with E-state index in [1.54, 1.807) is 39.5 Å². The van der Waals surface area contributed by atoms with Crippen LogP contribution in [0.2, 0.25) is 0 Å². The number of ether oxygens (including phenoxy) is 3. The van der Waals surface area contributed by atoms with Crippen LogP contribution in [0.5, 0.6) is 5.75 Å². The molecule has 1 amide bonds. The summed E-state index contributed by atoms with van der Waals surface area (Å²) >= 11 is 0. The van der Waals surface area contributed by atoms with E-state index < -0.39 is 0 Å². The van der Waals surface area contributed by atoms with Gasteiger partial charge in [-0.15, -0.1) is 0 Å². The van der Waals surface area contributed by atoms with Crippen LogP contribution in [0, 0.1) is 0 Å². The lowest BCUT2D eigenvalue weighted by atomic mass is 10.2. The van der Waals surface area contributed by atoms with Gasteiger partial charge in [-0.25, -0.2) is 0 Å². The standard InChI is InChI=1S/C15H25N3O4/c1-20-8-6-18(7-9-21-2)11-15(19)17-12-4-5-14(22-3)13(16)10-12/h4-5,10H,6-9,11,16H2,1-3H3,(H,17,19). The summed E-state index contributed by atoms with van der Waals surface area (Å²) in [5, 5.41) is 2.82. The molecule has 0 aliphatic rings. The van der Waals surface area contributed by atoms with E-state index in [4.69, 9.17) is 19.9 Å². The van der Waals surface area contributed by atoms with E-state index in [1.165, 1.54) is 0 Å². The zero-order valence-corrected chi connectivity index (χ0v) is 13.4. The quantitative estimate of drug-likeness (QED) is 0.622. The van der Waals surface area contributed by atoms with Crippen LogP contribution in [0.1, 0.15) is 0 Å². The second-order valence-corrected chi connectivity index (χ2v) is 4.77. The first kappa shape index (κ1) is 18.2. The van der Waals surface area contributed by atoms with Gasteiger partial charge in [-0.2, -0.15) is 0 Å². The Balaban J connectivity index is 2.56. The van der Waals surface area contributed by atoms with E-state index in [2.05, 4.69) is 5.32 Å². The summed E-state index contributed by atoms with van der Waals surface area (Å²) in [6.07, 6.45) is 0. The van der Waals surface area contributed by atoms with Gasteiger partial charge >= 0.3 is 0 Å². The van der Waals surface area contributed by atoms with Crippen molar-refractivity contribution in [3.8, 4) is 5.75 Å². The van der Waals surface area contributed by atoms with Crippen LogP contribution in [0.25, 0.3) is 0 Å². The Morgan fingerprint density at radius 1 is 1.18 bits per heavy atom. The second-order valence-electron chi connectivity index (χ2n) is 4.77. The Hall–Kier alpha value is -1.83. The van der Waals surface area contributed by atoms with Crippen LogP contribution >= 0.6 is 0 Å². The Morgan fingerprint density at radius 2 is 1.82 bits per heavy atom. The van der Waals surface area contributed by atoms with Crippen molar-refractivity contribution in [2.45, 2.75) is 0 Å². The zero-order chi connectivity index (χ0) is 16.4. The van der Waals surface area contributed by atoms with Crippen LogP contribution in [0.4, 0.5) is 11.4 Å². The molecule has 7 nitrogen and oxygen atoms in total. The molecule has 124 valence electrons. The molecule has 0 unspecified atom stereocenters. The lowest BCUT2D eigenvalue weighted by Crippen LogP contribution is -2.37. The molecule has 0 atom stereocenters. The molecule has 0 aliphatic heterocycles. The average Bonchev–Trinajstić information content (AvgIpc) is 2.50. The van der Waals surface area contributed by atoms with E-state index >= 15 is 0 Å². The lowest BCUT2D eigenvalue weighted by Gasteiger charge is -2.21. The van der Waals surface area contributed by atoms with Gasteiger partial charge in [-0.3, -0.25) is 9.69 Å². The van der Waals surface area contributed by atoms with Gasteiger partial charge in [0.1, 0.15) is 5.75 Å². The summed E-state index contributed by atoms with van der Waals surface area (Å²) in [6.45, 7) is 2.72. The third-order valence-corrected chi connectivity index (χ3v) is 3.10. The first-order valence-electron chi connectivity index (χ1n) is 7.04. The normalized spacial score (nSPS) is 10.7. The maximum absolute atomic E-state index is 12.1. The number of nitrogens with one attached hydrogen (secondary N) is 1. The molecule has 0 saturated heterocycles. The molecule has 7 heteroatoms. The average molecular weight is 311 g/mol. The van der Waals surface area contributed by atoms with Crippen LogP contribution in [-0.4, -0.2) is 65.0 Å². The number of nitrogens with two attached hydrogens (primary N) is 1. The number of nitrogens with zero attached hydrogens (tertiary/aromatic N) is 1. The molecule has 0 radical (unpaired) electrons. The van der Waals surface area contributed by atoms with Crippen LogP contribution in [0.15, 0.2) is 18.2 Å². The summed E-state index contributed by atoms with van der Waals surface area (Å²) in [5.41, 5.74) is 6.94. The van der Waals surface area contributed by atoms with Gasteiger partial charge in [0, 0.05) is 33.0 Å². The van der Waals surface area contributed by atoms with Gasteiger partial charge in [0.15, 0.2) is 0 Å². The highest BCUT2D eigenvalue weighted by Crippen LogP contribution is 2.24. The Bertz CT molecular complexity index is 460. The summed E-state index contributed by atoms with van der Waals surface area (Å²) in [5.74, 6) is 0.469. The number of hydrogen-bond acceptors (Lipinski definition) is 6. The Labute approximate surface area is 131 Å². The van der Waals surface area contributed by atoms with Gasteiger partial charge in [0.25, 0.3) is 0 Å². The van der Waals surface area contributed by atoms with Crippen molar-refractivity contribution in [3.05, 3.63) is 18.2 Å². The molecule has 0 fully saturated rings. The molecule has 1 aromatic carbocycles. The van der Waals surface area contributed by atoms with Crippen molar-refractivity contribution in [2.24, 2.45) is 0 Å². The van der Waals surface area contributed by atoms with Gasteiger partial charge in [-0.1, -0.05) is 0 Å². The maximum Gasteiger partial charge on any atom is 0.238 e. The molecule has 1 rings (SSSR count). The van der Waals surface area contributed by atoms with Gasteiger partial charge < -0.3 is 25.3 Å². The lowest BCUT2D eigenvalue weighted by molar-refractivity contribution is -0.117. The van der Waals surface area contributed by atoms with E-state index in [-0.39, 0.29) is 12.5 Å². The van der Waals surface area contributed by atoms with Crippen molar-refractivity contribution in [3.63, 3.8) is 0 Å². The van der Waals surface area contributed by atoms with E-state index in [1.807, 2.05) is 4.90 Å². The molecule has 0 aromatic heterocycles. The summed E-state index contributed by atoms with van der Waals surface area (Å²) in [6, 6.07) is 5.14. The zero-order valence-electron chi connectivity index (χ0n) is 13.4. The number of hydrogen-bond donors (Lipinski definition) is 2. The smallest absolute Gasteiger partial charge is 0.238 e. The third-order valence-electron chi connectivity index (χ3n) is 3.10. The first-order valence-corrected chi connectivity index (χ1v) is 7.04. The fraction of sp³-hybridized carbons (Fsp3) is 0.533. The molecule has 0 saturated carbocycles. The first-order chi connectivity index (χ1) is 10.6. The predicted octanol–water partition coefficient (Wildman–Crippen LogP) is 0.811. The fourth-order valence-corrected chi connectivity index (χ4v) is 1.93. The van der Waals surface area contributed by atoms with Crippen LogP contribution in [0.3, 0.4) is 0 Å². The SMILES string of the molecule is COCCN(CCOC)CC(=O)Nc1ccc(OC)c(N)c1. The molecule has 0 aliphatic carbocycles. The molecule has 0 spiro atoms. The van der Waals surface area contributed by atoms with Crippen molar-refractivity contribution >= 4 is 17.3 Å². The predicted molar refractivity (Wildman–Crippen MR) is 86.2 cm³/mol. The van der Waals surface area contributed by atoms with Gasteiger partial charge in [-0.05, 0) is 18.2 Å². The molecule has 0 bridgehead atoms. The van der Waals surface area contributed by atoms with Gasteiger partial charge in [0.2, 0.25) is 5.91 Å². The number of nitrogen functional groups attached to an aromatic ring is 1. The minimum absolute atomic E-state index is 0.114. The molecule has 0 heterocycles. The number of benzene rings is 1. The summed E-state index contributed by atoms with van der Waals surface area (Å²) < 4.78 is 15.2. The molecular formula is C15H25N3O4. The Kier molecular flexibility index (Phi) is 8.27. The monoisotopic (exact) mass is 311 g/mol. The number of amides is 1. The molecular weight excluding hydrogens is 286 g/mol. The van der Waals surface area contributed by atoms with E-state index in [9.17, 15) is 4.79 Å². The minimum atomic E-state index is -0.114. The number of carbonyl (C=O) groups excluding carboxylic acids is 1. The molecule has 3 N–H and O–H groups in total. The largest absolute Gasteiger partial charge is 0.495 e. The molecule has 1 aromatic rings. The minimum Gasteiger partial charge on any atom is -0.495 e. The van der Waals surface area contributed by atoms with Crippen molar-refractivity contribution in [2.75, 3.05) is 65.2 Å². The van der Waals surface area contributed by atoms with Crippen LogP contribution < -0.4 is 15.8 Å². The fourth-order valence-electron chi connectivity index (χ4n) is 1.93. The third kappa shape index (κ3) is 6.30. The van der Waals surface area contributed by atoms with Crippen molar-refractivity contribution < 1.29 is 19.0 Å². The number of methoxy groups -OCH3 is 3. The second kappa shape index (κ2) is 9.99. The van der Waals surface area contributed by atoms with Crippen LogP contribution in [-0.2, 0) is 14.3 Å². The van der Waals surface area contributed by atoms with Crippen molar-refractivity contribution in [1.29, 1.82) is 0 Å². The number of rotatable bonds is 10. The summed E-state index contributed by atoms with van der Waals surface area (Å²) in [4.78, 5) is 14.1. The highest BCUT2D eigenvalue weighted by molar-refractivity contribution is 5.92. The maximum atomic E-state index is 12.1. The number of anilines is 2. The topological polar surface area (TPSA) is 86.0 Å². The van der Waals surface area contributed by atoms with E-state index in [0.717, 1.165) is 0 Å². The van der Waals surface area contributed by atoms with Crippen molar-refractivity contribution in [1.82, 2.24) is 4.90 Å². The van der Waals surface area contributed by atoms with E-state index in [0.29, 0.717) is 43.4 Å².